The van der Waals surface area contributed by atoms with Crippen molar-refractivity contribution in [3.8, 4) is 17.1 Å². The number of hydrogen-bond acceptors (Lipinski definition) is 9. The van der Waals surface area contributed by atoms with E-state index >= 15 is 4.39 Å². The van der Waals surface area contributed by atoms with Crippen LogP contribution >= 0.6 is 11.6 Å². The van der Waals surface area contributed by atoms with Crippen molar-refractivity contribution in [2.45, 2.75) is 19.4 Å². The van der Waals surface area contributed by atoms with Crippen molar-refractivity contribution in [3.63, 3.8) is 0 Å². The minimum Gasteiger partial charge on any atom is -0.401 e. The Morgan fingerprint density at radius 3 is 2.43 bits per heavy atom. The molecule has 0 aliphatic rings. The number of carbonyl (C=O) groups is 1. The van der Waals surface area contributed by atoms with Gasteiger partial charge in [-0.3, -0.25) is 4.72 Å². The van der Waals surface area contributed by atoms with Crippen molar-refractivity contribution >= 4 is 39.1 Å². The van der Waals surface area contributed by atoms with Crippen LogP contribution in [0.4, 0.5) is 20.3 Å². The molecular weight excluding hydrogens is 616 g/mol. The van der Waals surface area contributed by atoms with Crippen molar-refractivity contribution < 1.29 is 31.8 Å². The first-order valence-electron chi connectivity index (χ1n) is 13.5. The number of nitrogens with two attached hydrogens (primary N) is 1. The van der Waals surface area contributed by atoms with Gasteiger partial charge >= 0.3 is 5.97 Å². The van der Waals surface area contributed by atoms with Crippen LogP contribution in [-0.4, -0.2) is 59.7 Å². The second kappa shape index (κ2) is 13.6. The summed E-state index contributed by atoms with van der Waals surface area (Å²) in [6, 6.07) is 14.9. The van der Waals surface area contributed by atoms with Crippen LogP contribution in [0.5, 0.6) is 5.88 Å². The molecule has 1 atom stereocenters. The highest BCUT2D eigenvalue weighted by Crippen LogP contribution is 2.39. The van der Waals surface area contributed by atoms with Crippen LogP contribution in [0.15, 0.2) is 72.9 Å². The van der Waals surface area contributed by atoms with Crippen LogP contribution in [0.2, 0.25) is 5.02 Å². The number of sulfonamides is 1. The summed E-state index contributed by atoms with van der Waals surface area (Å²) in [4.78, 5) is 23.8. The number of nitrogens with zero attached hydrogens (tertiary/aromatic N) is 3. The van der Waals surface area contributed by atoms with Crippen LogP contribution in [0.25, 0.3) is 11.3 Å². The molecule has 0 amide bonds. The molecule has 0 fully saturated rings. The fourth-order valence-corrected chi connectivity index (χ4v) is 5.80. The Morgan fingerprint density at radius 1 is 1.07 bits per heavy atom. The molecule has 0 saturated heterocycles. The summed E-state index contributed by atoms with van der Waals surface area (Å²) < 4.78 is 62.7. The number of carbonyl (C=O) groups excluding carboxylic acids is 1. The summed E-state index contributed by atoms with van der Waals surface area (Å²) in [5.41, 5.74) is 2.75. The second-order valence-electron chi connectivity index (χ2n) is 9.66. The molecule has 4 aromatic rings. The third-order valence-corrected chi connectivity index (χ3v) is 8.49. The molecule has 232 valence electrons. The maximum atomic E-state index is 15.0. The van der Waals surface area contributed by atoms with Gasteiger partial charge in [-0.15, -0.1) is 0 Å². The Bertz CT molecular complexity index is 1760. The van der Waals surface area contributed by atoms with E-state index in [2.05, 4.69) is 14.7 Å². The predicted octanol–water partition coefficient (Wildman–Crippen LogP) is 4.58. The Labute approximate surface area is 258 Å². The van der Waals surface area contributed by atoms with Crippen molar-refractivity contribution in [2.75, 3.05) is 35.8 Å². The fraction of sp³-hybridized carbons (Fsp3) is 0.233. The zero-order valence-corrected chi connectivity index (χ0v) is 25.4. The minimum absolute atomic E-state index is 0.110. The van der Waals surface area contributed by atoms with E-state index in [1.165, 1.54) is 36.5 Å². The molecule has 0 aliphatic carbocycles. The number of rotatable bonds is 12. The van der Waals surface area contributed by atoms with Gasteiger partial charge in [-0.2, -0.15) is 0 Å². The van der Waals surface area contributed by atoms with Crippen molar-refractivity contribution in [1.82, 2.24) is 14.9 Å². The average molecular weight is 646 g/mol. The maximum Gasteiger partial charge on any atom is 0.354 e. The van der Waals surface area contributed by atoms with Gasteiger partial charge in [-0.1, -0.05) is 67.9 Å². The molecule has 4 N–H and O–H groups in total. The van der Waals surface area contributed by atoms with E-state index in [-0.39, 0.29) is 28.5 Å². The summed E-state index contributed by atoms with van der Waals surface area (Å²) in [6.07, 6.45) is 1.27. The third-order valence-electron chi connectivity index (χ3n) is 6.85. The summed E-state index contributed by atoms with van der Waals surface area (Å²) >= 11 is 6.04. The molecule has 0 bridgehead atoms. The van der Waals surface area contributed by atoms with Gasteiger partial charge in [0.05, 0.1) is 28.2 Å². The van der Waals surface area contributed by atoms with Crippen LogP contribution in [0.3, 0.4) is 0 Å². The van der Waals surface area contributed by atoms with E-state index in [0.717, 1.165) is 25.2 Å². The quantitative estimate of drug-likeness (QED) is 0.149. The number of esters is 1. The second-order valence-corrected chi connectivity index (χ2v) is 11.9. The first-order chi connectivity index (χ1) is 20.9. The molecule has 0 spiro atoms. The van der Waals surface area contributed by atoms with Gasteiger partial charge in [-0.05, 0) is 42.9 Å². The number of nitrogen functional groups attached to an aromatic ring is 1. The highest BCUT2D eigenvalue weighted by Gasteiger charge is 2.47. The van der Waals surface area contributed by atoms with Crippen molar-refractivity contribution in [1.29, 1.82) is 0 Å². The topological polar surface area (TPSA) is 148 Å². The molecule has 44 heavy (non-hydrogen) atoms. The van der Waals surface area contributed by atoms with E-state index in [1.807, 2.05) is 18.7 Å². The lowest BCUT2D eigenvalue weighted by atomic mass is 9.85. The molecule has 3 aromatic carbocycles. The third kappa shape index (κ3) is 7.13. The monoisotopic (exact) mass is 645 g/mol. The number of anilines is 2. The van der Waals surface area contributed by atoms with E-state index in [9.17, 15) is 22.7 Å². The molecule has 0 saturated carbocycles. The van der Waals surface area contributed by atoms with E-state index < -0.39 is 49.7 Å². The van der Waals surface area contributed by atoms with Gasteiger partial charge in [-0.25, -0.2) is 32.0 Å². The number of ether oxygens (including phenoxy) is 1. The highest BCUT2D eigenvalue weighted by molar-refractivity contribution is 7.92. The predicted molar refractivity (Wildman–Crippen MR) is 164 cm³/mol. The number of halogens is 3. The number of hydrogen-bond donors (Lipinski definition) is 3. The Kier molecular flexibility index (Phi) is 10.1. The first-order valence-corrected chi connectivity index (χ1v) is 15.5. The molecular formula is C30H30ClF2N5O5S. The maximum absolute atomic E-state index is 15.0. The SMILES string of the molecule is CCN(CC)CCS(=O)(=O)Nc1cccc(-c2cnc(N)c(OC(=O)C(O)(c3ccccc3)c3c(F)ccc(F)c3Cl)n2)c1. The zero-order chi connectivity index (χ0) is 32.1. The van der Waals surface area contributed by atoms with Crippen LogP contribution in [0, 0.1) is 11.6 Å². The highest BCUT2D eigenvalue weighted by atomic mass is 35.5. The molecule has 4 rings (SSSR count). The van der Waals surface area contributed by atoms with Crippen molar-refractivity contribution in [2.24, 2.45) is 0 Å². The van der Waals surface area contributed by atoms with Crippen LogP contribution < -0.4 is 15.2 Å². The fourth-order valence-electron chi connectivity index (χ4n) is 4.42. The Hall–Kier alpha value is -4.17. The average Bonchev–Trinajstić information content (AvgIpc) is 3.01. The lowest BCUT2D eigenvalue weighted by molar-refractivity contribution is -0.152. The summed E-state index contributed by atoms with van der Waals surface area (Å²) in [6.45, 7) is 5.70. The van der Waals surface area contributed by atoms with Crippen molar-refractivity contribution in [3.05, 3.63) is 101 Å². The van der Waals surface area contributed by atoms with Crippen LogP contribution in [-0.2, 0) is 20.4 Å². The van der Waals surface area contributed by atoms with Crippen LogP contribution in [0.1, 0.15) is 25.0 Å². The molecule has 1 heterocycles. The van der Waals surface area contributed by atoms with Gasteiger partial charge in [0.15, 0.2) is 5.82 Å². The molecule has 0 aliphatic heterocycles. The zero-order valence-electron chi connectivity index (χ0n) is 23.8. The number of benzene rings is 3. The molecule has 1 aromatic heterocycles. The standard InChI is InChI=1S/C30H30ClF2N5O5S/c1-3-38(4-2)15-16-44(41,42)37-21-12-8-9-19(17-21)24-18-35-27(34)28(36-24)43-29(39)30(40,20-10-6-5-7-11-20)25-22(32)13-14-23(33)26(25)31/h5-14,17-18,37,40H,3-4,15-16H2,1-2H3,(H2,34,35). The number of nitrogens with one attached hydrogen (secondary N) is 1. The minimum atomic E-state index is -3.67. The molecule has 14 heteroatoms. The Morgan fingerprint density at radius 2 is 1.75 bits per heavy atom. The molecule has 0 radical (unpaired) electrons. The smallest absolute Gasteiger partial charge is 0.354 e. The summed E-state index contributed by atoms with van der Waals surface area (Å²) in [5.74, 6) is -4.72. The lowest BCUT2D eigenvalue weighted by Gasteiger charge is -2.28. The lowest BCUT2D eigenvalue weighted by Crippen LogP contribution is -2.41. The number of aromatic nitrogens is 2. The van der Waals surface area contributed by atoms with Gasteiger partial charge in [0.25, 0.3) is 5.88 Å². The largest absolute Gasteiger partial charge is 0.401 e. The molecule has 1 unspecified atom stereocenters. The molecule has 10 nitrogen and oxygen atoms in total. The van der Waals surface area contributed by atoms with Gasteiger partial charge in [0.2, 0.25) is 15.6 Å². The van der Waals surface area contributed by atoms with E-state index in [1.54, 1.807) is 24.3 Å². The van der Waals surface area contributed by atoms with Gasteiger partial charge < -0.3 is 20.5 Å². The Balaban J connectivity index is 1.66. The van der Waals surface area contributed by atoms with Gasteiger partial charge in [0, 0.05) is 17.8 Å². The van der Waals surface area contributed by atoms with E-state index in [4.69, 9.17) is 22.1 Å². The summed E-state index contributed by atoms with van der Waals surface area (Å²) in [7, 11) is -3.67. The van der Waals surface area contributed by atoms with E-state index in [0.29, 0.717) is 12.1 Å². The summed E-state index contributed by atoms with van der Waals surface area (Å²) in [5, 5.41) is 10.9. The first kappa shape index (κ1) is 32.7. The normalized spacial score (nSPS) is 13.0. The van der Waals surface area contributed by atoms with Gasteiger partial charge in [0.1, 0.15) is 11.6 Å². The number of aliphatic hydroxyl groups is 1.